The molecule has 0 atom stereocenters. The fourth-order valence-electron chi connectivity index (χ4n) is 2.00. The normalized spacial score (nSPS) is 11.0. The minimum atomic E-state index is -0.171. The van der Waals surface area contributed by atoms with Crippen LogP contribution in [0.4, 0.5) is 10.1 Å². The molecular weight excluding hydrogens is 241 g/mol. The van der Waals surface area contributed by atoms with E-state index in [1.165, 1.54) is 6.07 Å². The quantitative estimate of drug-likeness (QED) is 0.692. The summed E-state index contributed by atoms with van der Waals surface area (Å²) in [5.41, 5.74) is 0.956. The number of hydrogen-bond acceptors (Lipinski definition) is 3. The summed E-state index contributed by atoms with van der Waals surface area (Å²) in [4.78, 5) is 4.37. The molecule has 1 aromatic rings. The predicted molar refractivity (Wildman–Crippen MR) is 80.3 cm³/mol. The molecule has 0 aliphatic heterocycles. The lowest BCUT2D eigenvalue weighted by molar-refractivity contribution is 0.395. The van der Waals surface area contributed by atoms with Gasteiger partial charge in [-0.2, -0.15) is 0 Å². The van der Waals surface area contributed by atoms with Gasteiger partial charge < -0.3 is 15.1 Å². The van der Waals surface area contributed by atoms with E-state index in [0.29, 0.717) is 0 Å². The van der Waals surface area contributed by atoms with E-state index < -0.39 is 0 Å². The molecule has 1 rings (SSSR count). The van der Waals surface area contributed by atoms with Crippen LogP contribution < -0.4 is 10.2 Å². The second kappa shape index (κ2) is 8.88. The number of likely N-dealkylation sites (N-methyl/N-ethyl adjacent to an activating group) is 1. The number of nitrogens with zero attached hydrogens (tertiary/aromatic N) is 2. The summed E-state index contributed by atoms with van der Waals surface area (Å²) in [5.74, 6) is -0.171. The van der Waals surface area contributed by atoms with E-state index in [1.807, 2.05) is 6.07 Å². The van der Waals surface area contributed by atoms with Crippen molar-refractivity contribution in [3.8, 4) is 0 Å². The first-order valence-corrected chi connectivity index (χ1v) is 6.99. The zero-order chi connectivity index (χ0) is 14.1. The Kier molecular flexibility index (Phi) is 7.45. The summed E-state index contributed by atoms with van der Waals surface area (Å²) in [6, 6.07) is 6.79. The van der Waals surface area contributed by atoms with Crippen LogP contribution in [-0.2, 0) is 0 Å². The van der Waals surface area contributed by atoms with Crippen molar-refractivity contribution in [1.29, 1.82) is 0 Å². The number of halogens is 1. The van der Waals surface area contributed by atoms with E-state index in [1.54, 1.807) is 12.1 Å². The number of benzene rings is 1. The van der Waals surface area contributed by atoms with Crippen LogP contribution in [0.2, 0.25) is 0 Å². The first-order chi connectivity index (χ1) is 9.13. The molecule has 0 amide bonds. The molecule has 19 heavy (non-hydrogen) atoms. The smallest absolute Gasteiger partial charge is 0.125 e. The fourth-order valence-corrected chi connectivity index (χ4v) is 2.00. The van der Waals surface area contributed by atoms with E-state index in [4.69, 9.17) is 0 Å². The van der Waals surface area contributed by atoms with E-state index in [2.05, 4.69) is 36.1 Å². The van der Waals surface area contributed by atoms with E-state index in [9.17, 15) is 4.39 Å². The van der Waals surface area contributed by atoms with Crippen LogP contribution >= 0.6 is 0 Å². The summed E-state index contributed by atoms with van der Waals surface area (Å²) >= 11 is 0. The molecule has 0 aliphatic carbocycles. The van der Waals surface area contributed by atoms with Gasteiger partial charge in [0.15, 0.2) is 0 Å². The molecule has 1 N–H and O–H groups in total. The fraction of sp³-hybridized carbons (Fsp3) is 0.600. The Labute approximate surface area is 116 Å². The van der Waals surface area contributed by atoms with Gasteiger partial charge >= 0.3 is 0 Å². The average molecular weight is 267 g/mol. The molecule has 0 saturated heterocycles. The molecule has 1 aromatic carbocycles. The summed E-state index contributed by atoms with van der Waals surface area (Å²) in [5, 5.41) is 3.43. The highest BCUT2D eigenvalue weighted by molar-refractivity contribution is 5.46. The highest BCUT2D eigenvalue weighted by Crippen LogP contribution is 2.14. The van der Waals surface area contributed by atoms with Gasteiger partial charge in [0.2, 0.25) is 0 Å². The van der Waals surface area contributed by atoms with Crippen molar-refractivity contribution in [3.63, 3.8) is 0 Å². The van der Waals surface area contributed by atoms with Gasteiger partial charge in [0.25, 0.3) is 0 Å². The van der Waals surface area contributed by atoms with Crippen molar-refractivity contribution in [2.24, 2.45) is 0 Å². The lowest BCUT2D eigenvalue weighted by atomic mass is 10.2. The Bertz CT molecular complexity index is 355. The predicted octanol–water partition coefficient (Wildman–Crippen LogP) is 2.19. The summed E-state index contributed by atoms with van der Waals surface area (Å²) < 4.78 is 13.2. The van der Waals surface area contributed by atoms with Crippen LogP contribution in [0, 0.1) is 5.82 Å². The molecule has 4 heteroatoms. The van der Waals surface area contributed by atoms with E-state index >= 15 is 0 Å². The minimum absolute atomic E-state index is 0.171. The second-order valence-corrected chi connectivity index (χ2v) is 4.97. The molecule has 0 aromatic heterocycles. The van der Waals surface area contributed by atoms with Gasteiger partial charge in [0.05, 0.1) is 0 Å². The number of anilines is 1. The van der Waals surface area contributed by atoms with Crippen molar-refractivity contribution in [3.05, 3.63) is 30.1 Å². The van der Waals surface area contributed by atoms with Crippen molar-refractivity contribution in [1.82, 2.24) is 10.2 Å². The lowest BCUT2D eigenvalue weighted by Crippen LogP contribution is -2.33. The first kappa shape index (κ1) is 15.9. The van der Waals surface area contributed by atoms with Crippen molar-refractivity contribution in [2.75, 3.05) is 51.7 Å². The maximum Gasteiger partial charge on any atom is 0.125 e. The molecule has 0 spiro atoms. The van der Waals surface area contributed by atoms with Gasteiger partial charge in [-0.25, -0.2) is 4.39 Å². The molecule has 0 heterocycles. The standard InChI is InChI=1S/C15H26FN3/c1-4-19(15-8-5-7-14(16)13-15)12-10-17-9-6-11-18(2)3/h5,7-8,13,17H,4,6,9-12H2,1-3H3. The third kappa shape index (κ3) is 6.55. The van der Waals surface area contributed by atoms with E-state index in [-0.39, 0.29) is 5.82 Å². The third-order valence-corrected chi connectivity index (χ3v) is 3.07. The van der Waals surface area contributed by atoms with Crippen LogP contribution in [0.25, 0.3) is 0 Å². The molecule has 3 nitrogen and oxygen atoms in total. The minimum Gasteiger partial charge on any atom is -0.370 e. The molecule has 0 bridgehead atoms. The number of hydrogen-bond donors (Lipinski definition) is 1. The van der Waals surface area contributed by atoms with Crippen molar-refractivity contribution >= 4 is 5.69 Å². The molecule has 0 unspecified atom stereocenters. The van der Waals surface area contributed by atoms with Gasteiger partial charge in [-0.05, 0) is 58.7 Å². The first-order valence-electron chi connectivity index (χ1n) is 6.99. The highest BCUT2D eigenvalue weighted by atomic mass is 19.1. The van der Waals surface area contributed by atoms with Crippen LogP contribution in [0.15, 0.2) is 24.3 Å². The largest absolute Gasteiger partial charge is 0.370 e. The Morgan fingerprint density at radius 1 is 1.16 bits per heavy atom. The lowest BCUT2D eigenvalue weighted by Gasteiger charge is -2.23. The van der Waals surface area contributed by atoms with E-state index in [0.717, 1.165) is 44.8 Å². The Morgan fingerprint density at radius 2 is 1.95 bits per heavy atom. The number of nitrogens with one attached hydrogen (secondary N) is 1. The molecule has 0 fully saturated rings. The van der Waals surface area contributed by atoms with Gasteiger partial charge in [-0.1, -0.05) is 6.07 Å². The summed E-state index contributed by atoms with van der Waals surface area (Å²) in [7, 11) is 4.17. The van der Waals surface area contributed by atoms with Crippen molar-refractivity contribution < 1.29 is 4.39 Å². The SMILES string of the molecule is CCN(CCNCCCN(C)C)c1cccc(F)c1. The maximum absolute atomic E-state index is 13.2. The molecule has 0 radical (unpaired) electrons. The number of rotatable bonds is 9. The highest BCUT2D eigenvalue weighted by Gasteiger charge is 2.04. The maximum atomic E-state index is 13.2. The Balaban J connectivity index is 2.26. The molecule has 108 valence electrons. The Hall–Kier alpha value is -1.13. The third-order valence-electron chi connectivity index (χ3n) is 3.07. The van der Waals surface area contributed by atoms with Crippen LogP contribution in [-0.4, -0.2) is 51.7 Å². The summed E-state index contributed by atoms with van der Waals surface area (Å²) in [6.07, 6.45) is 1.15. The van der Waals surface area contributed by atoms with Gasteiger partial charge in [-0.3, -0.25) is 0 Å². The topological polar surface area (TPSA) is 18.5 Å². The molecular formula is C15H26FN3. The van der Waals surface area contributed by atoms with Crippen molar-refractivity contribution in [2.45, 2.75) is 13.3 Å². The monoisotopic (exact) mass is 267 g/mol. The van der Waals surface area contributed by atoms with Gasteiger partial charge in [0.1, 0.15) is 5.82 Å². The molecule has 0 aliphatic rings. The van der Waals surface area contributed by atoms with Gasteiger partial charge in [0, 0.05) is 25.3 Å². The van der Waals surface area contributed by atoms with Gasteiger partial charge in [-0.15, -0.1) is 0 Å². The summed E-state index contributed by atoms with van der Waals surface area (Å²) in [6.45, 7) is 6.95. The van der Waals surface area contributed by atoms with Crippen LogP contribution in [0.5, 0.6) is 0 Å². The van der Waals surface area contributed by atoms with Crippen LogP contribution in [0.1, 0.15) is 13.3 Å². The zero-order valence-corrected chi connectivity index (χ0v) is 12.3. The Morgan fingerprint density at radius 3 is 2.58 bits per heavy atom. The average Bonchev–Trinajstić information content (AvgIpc) is 2.37. The molecule has 0 saturated carbocycles. The van der Waals surface area contributed by atoms with Crippen LogP contribution in [0.3, 0.4) is 0 Å². The zero-order valence-electron chi connectivity index (χ0n) is 12.3. The second-order valence-electron chi connectivity index (χ2n) is 4.97.